The second kappa shape index (κ2) is 7.46. The molecule has 122 valence electrons. The summed E-state index contributed by atoms with van der Waals surface area (Å²) < 4.78 is 5.14. The zero-order valence-electron chi connectivity index (χ0n) is 13.1. The van der Waals surface area contributed by atoms with Crippen molar-refractivity contribution in [2.24, 2.45) is 0 Å². The summed E-state index contributed by atoms with van der Waals surface area (Å²) in [7, 11) is 1.59. The summed E-state index contributed by atoms with van der Waals surface area (Å²) in [6.07, 6.45) is 7.88. The van der Waals surface area contributed by atoms with Crippen LogP contribution in [-0.2, 0) is 0 Å². The number of hydrogen-bond acceptors (Lipinski definition) is 6. The minimum absolute atomic E-state index is 0.437. The van der Waals surface area contributed by atoms with Crippen LogP contribution in [0.5, 0.6) is 5.75 Å². The number of benzene rings is 1. The van der Waals surface area contributed by atoms with Gasteiger partial charge < -0.3 is 15.4 Å². The number of aromatic nitrogens is 3. The van der Waals surface area contributed by atoms with E-state index in [1.54, 1.807) is 25.4 Å². The van der Waals surface area contributed by atoms with E-state index in [4.69, 9.17) is 16.3 Å². The van der Waals surface area contributed by atoms with Crippen LogP contribution in [0.25, 0.3) is 0 Å². The molecule has 1 aliphatic rings. The molecule has 1 heterocycles. The lowest BCUT2D eigenvalue weighted by molar-refractivity contribution is 0.415. The SMILES string of the molecule is COc1ccc(Nc2nncc(NC3CCCCC3)n2)cc1Cl. The maximum atomic E-state index is 6.12. The lowest BCUT2D eigenvalue weighted by Crippen LogP contribution is -2.23. The van der Waals surface area contributed by atoms with Gasteiger partial charge in [0.05, 0.1) is 18.3 Å². The Balaban J connectivity index is 1.68. The van der Waals surface area contributed by atoms with Crippen molar-refractivity contribution in [3.05, 3.63) is 29.4 Å². The van der Waals surface area contributed by atoms with Gasteiger partial charge in [-0.3, -0.25) is 0 Å². The Morgan fingerprint density at radius 2 is 2.04 bits per heavy atom. The van der Waals surface area contributed by atoms with E-state index in [1.807, 2.05) is 6.07 Å². The number of rotatable bonds is 5. The van der Waals surface area contributed by atoms with E-state index in [0.29, 0.717) is 22.8 Å². The molecule has 0 amide bonds. The molecule has 1 aromatic heterocycles. The average Bonchev–Trinajstić information content (AvgIpc) is 2.56. The van der Waals surface area contributed by atoms with Crippen LogP contribution in [0, 0.1) is 0 Å². The van der Waals surface area contributed by atoms with Crippen LogP contribution < -0.4 is 15.4 Å². The predicted octanol–water partition coefficient (Wildman–Crippen LogP) is 4.02. The molecule has 2 aromatic rings. The van der Waals surface area contributed by atoms with Crippen LogP contribution >= 0.6 is 11.6 Å². The molecular weight excluding hydrogens is 314 g/mol. The fourth-order valence-corrected chi connectivity index (χ4v) is 3.01. The van der Waals surface area contributed by atoms with E-state index in [-0.39, 0.29) is 0 Å². The van der Waals surface area contributed by atoms with Gasteiger partial charge in [0.2, 0.25) is 5.95 Å². The Morgan fingerprint density at radius 3 is 2.78 bits per heavy atom. The number of ether oxygens (including phenoxy) is 1. The third-order valence-electron chi connectivity index (χ3n) is 3.92. The summed E-state index contributed by atoms with van der Waals surface area (Å²) in [5.41, 5.74) is 0.785. The van der Waals surface area contributed by atoms with Crippen LogP contribution in [0.15, 0.2) is 24.4 Å². The summed E-state index contributed by atoms with van der Waals surface area (Å²) in [6, 6.07) is 5.89. The fourth-order valence-electron chi connectivity index (χ4n) is 2.76. The molecule has 3 rings (SSSR count). The normalized spacial score (nSPS) is 15.2. The van der Waals surface area contributed by atoms with Gasteiger partial charge in [-0.05, 0) is 31.0 Å². The van der Waals surface area contributed by atoms with Crippen LogP contribution in [-0.4, -0.2) is 28.3 Å². The van der Waals surface area contributed by atoms with Crippen molar-refractivity contribution < 1.29 is 4.74 Å². The number of halogens is 1. The lowest BCUT2D eigenvalue weighted by atomic mass is 9.96. The van der Waals surface area contributed by atoms with Crippen molar-refractivity contribution in [1.29, 1.82) is 0 Å². The van der Waals surface area contributed by atoms with Gasteiger partial charge in [0.25, 0.3) is 0 Å². The second-order valence-electron chi connectivity index (χ2n) is 5.62. The van der Waals surface area contributed by atoms with Crippen LogP contribution in [0.2, 0.25) is 5.02 Å². The summed E-state index contributed by atoms with van der Waals surface area (Å²) in [6.45, 7) is 0. The number of anilines is 3. The molecule has 0 radical (unpaired) electrons. The first kappa shape index (κ1) is 15.8. The van der Waals surface area contributed by atoms with E-state index in [0.717, 1.165) is 11.5 Å². The maximum absolute atomic E-state index is 6.12. The zero-order chi connectivity index (χ0) is 16.1. The van der Waals surface area contributed by atoms with Crippen molar-refractivity contribution >= 4 is 29.1 Å². The molecule has 1 fully saturated rings. The Morgan fingerprint density at radius 1 is 1.22 bits per heavy atom. The maximum Gasteiger partial charge on any atom is 0.249 e. The second-order valence-corrected chi connectivity index (χ2v) is 6.03. The van der Waals surface area contributed by atoms with Gasteiger partial charge in [0.1, 0.15) is 5.75 Å². The van der Waals surface area contributed by atoms with E-state index in [2.05, 4.69) is 25.8 Å². The Labute approximate surface area is 140 Å². The van der Waals surface area contributed by atoms with E-state index < -0.39 is 0 Å². The molecule has 0 saturated heterocycles. The highest BCUT2D eigenvalue weighted by molar-refractivity contribution is 6.32. The first-order chi connectivity index (χ1) is 11.2. The quantitative estimate of drug-likeness (QED) is 0.861. The third kappa shape index (κ3) is 4.22. The number of nitrogens with zero attached hydrogens (tertiary/aromatic N) is 3. The molecule has 6 nitrogen and oxygen atoms in total. The number of hydrogen-bond donors (Lipinski definition) is 2. The van der Waals surface area contributed by atoms with Crippen LogP contribution in [0.4, 0.5) is 17.5 Å². The van der Waals surface area contributed by atoms with Gasteiger partial charge in [-0.1, -0.05) is 30.9 Å². The van der Waals surface area contributed by atoms with Gasteiger partial charge in [-0.15, -0.1) is 5.10 Å². The van der Waals surface area contributed by atoms with Crippen molar-refractivity contribution in [2.45, 2.75) is 38.1 Å². The molecule has 0 spiro atoms. The monoisotopic (exact) mass is 333 g/mol. The van der Waals surface area contributed by atoms with Crippen molar-refractivity contribution in [1.82, 2.24) is 15.2 Å². The van der Waals surface area contributed by atoms with E-state index in [9.17, 15) is 0 Å². The van der Waals surface area contributed by atoms with Gasteiger partial charge in [-0.25, -0.2) is 0 Å². The topological polar surface area (TPSA) is 72.0 Å². The Kier molecular flexibility index (Phi) is 5.12. The number of nitrogens with one attached hydrogen (secondary N) is 2. The largest absolute Gasteiger partial charge is 0.495 e. The molecule has 1 aromatic carbocycles. The number of methoxy groups -OCH3 is 1. The van der Waals surface area contributed by atoms with Crippen molar-refractivity contribution in [3.63, 3.8) is 0 Å². The van der Waals surface area contributed by atoms with Crippen LogP contribution in [0.3, 0.4) is 0 Å². The van der Waals surface area contributed by atoms with Gasteiger partial charge >= 0.3 is 0 Å². The molecule has 7 heteroatoms. The highest BCUT2D eigenvalue weighted by atomic mass is 35.5. The lowest BCUT2D eigenvalue weighted by Gasteiger charge is -2.23. The minimum atomic E-state index is 0.437. The first-order valence-electron chi connectivity index (χ1n) is 7.81. The zero-order valence-corrected chi connectivity index (χ0v) is 13.8. The molecule has 2 N–H and O–H groups in total. The van der Waals surface area contributed by atoms with Crippen molar-refractivity contribution in [2.75, 3.05) is 17.7 Å². The van der Waals surface area contributed by atoms with E-state index in [1.165, 1.54) is 32.1 Å². The molecule has 1 saturated carbocycles. The minimum Gasteiger partial charge on any atom is -0.495 e. The first-order valence-corrected chi connectivity index (χ1v) is 8.19. The third-order valence-corrected chi connectivity index (χ3v) is 4.22. The summed E-state index contributed by atoms with van der Waals surface area (Å²) in [5.74, 6) is 1.81. The van der Waals surface area contributed by atoms with Gasteiger partial charge in [0, 0.05) is 11.7 Å². The molecule has 23 heavy (non-hydrogen) atoms. The van der Waals surface area contributed by atoms with Gasteiger partial charge in [0.15, 0.2) is 5.82 Å². The molecule has 1 aliphatic carbocycles. The summed E-state index contributed by atoms with van der Waals surface area (Å²) >= 11 is 6.12. The highest BCUT2D eigenvalue weighted by Crippen LogP contribution is 2.28. The smallest absolute Gasteiger partial charge is 0.249 e. The van der Waals surface area contributed by atoms with Crippen LogP contribution in [0.1, 0.15) is 32.1 Å². The highest BCUT2D eigenvalue weighted by Gasteiger charge is 2.14. The predicted molar refractivity (Wildman–Crippen MR) is 91.6 cm³/mol. The molecular formula is C16H20ClN5O. The Hall–Kier alpha value is -2.08. The average molecular weight is 334 g/mol. The van der Waals surface area contributed by atoms with Crippen molar-refractivity contribution in [3.8, 4) is 5.75 Å². The standard InChI is InChI=1S/C16H20ClN5O/c1-23-14-8-7-12(9-13(14)17)20-16-21-15(10-18-22-16)19-11-5-3-2-4-6-11/h7-11H,2-6H2,1H3,(H2,19,20,21,22). The van der Waals surface area contributed by atoms with E-state index >= 15 is 0 Å². The van der Waals surface area contributed by atoms with Gasteiger partial charge in [-0.2, -0.15) is 10.1 Å². The molecule has 0 aliphatic heterocycles. The summed E-state index contributed by atoms with van der Waals surface area (Å²) in [4.78, 5) is 4.46. The summed E-state index contributed by atoms with van der Waals surface area (Å²) in [5, 5.41) is 15.1. The Bertz CT molecular complexity index is 661. The molecule has 0 unspecified atom stereocenters. The fraction of sp³-hybridized carbons (Fsp3) is 0.438. The molecule has 0 bridgehead atoms. The molecule has 0 atom stereocenters.